The van der Waals surface area contributed by atoms with E-state index in [0.717, 1.165) is 0 Å². The van der Waals surface area contributed by atoms with Crippen molar-refractivity contribution in [3.8, 4) is 11.3 Å². The quantitative estimate of drug-likeness (QED) is 0.199. The number of hydrogen-bond donors (Lipinski definition) is 2. The monoisotopic (exact) mass is 582 g/mol. The molecule has 2 N–H and O–H groups in total. The number of rotatable bonds is 5. The van der Waals surface area contributed by atoms with Gasteiger partial charge in [0.2, 0.25) is 5.90 Å². The Morgan fingerprint density at radius 3 is 2.46 bits per heavy atom. The molecule has 4 heterocycles. The fraction of sp³-hybridized carbons (Fsp3) is 0. The van der Waals surface area contributed by atoms with Crippen LogP contribution < -0.4 is 10.6 Å². The molecule has 0 saturated carbocycles. The lowest BCUT2D eigenvalue weighted by atomic mass is 10.0. The fourth-order valence-electron chi connectivity index (χ4n) is 4.01. The molecule has 190 valence electrons. The van der Waals surface area contributed by atoms with E-state index in [1.807, 2.05) is 0 Å². The van der Waals surface area contributed by atoms with E-state index in [1.54, 1.807) is 66.9 Å². The first kappa shape index (κ1) is 24.2. The number of benzene rings is 2. The van der Waals surface area contributed by atoms with Crippen molar-refractivity contribution in [1.82, 2.24) is 10.3 Å². The average Bonchev–Trinajstić information content (AvgIpc) is 3.62. The van der Waals surface area contributed by atoms with Gasteiger partial charge in [0.25, 0.3) is 17.7 Å². The third-order valence-electron chi connectivity index (χ3n) is 5.90. The molecule has 0 spiro atoms. The number of ether oxygens (including phenoxy) is 1. The van der Waals surface area contributed by atoms with Crippen LogP contribution in [0.3, 0.4) is 0 Å². The number of hydrogen-bond acceptors (Lipinski definition) is 8. The third kappa shape index (κ3) is 4.78. The standard InChI is InChI=1S/C28H15BrN4O6/c29-17-9-16(12-30-13-17)24(34)31-18-4-1-14(2-5-18)27-32-22(28(37)39-27)11-19-6-8-23(38-19)15-3-7-20-21(10-15)26(36)33-25(20)35/h1-13H,(H,31,34)(H,33,35,36)/b22-11+. The van der Waals surface area contributed by atoms with E-state index in [-0.39, 0.29) is 23.1 Å². The van der Waals surface area contributed by atoms with Gasteiger partial charge in [-0.25, -0.2) is 9.79 Å². The fourth-order valence-corrected chi connectivity index (χ4v) is 4.37. The van der Waals surface area contributed by atoms with E-state index < -0.39 is 17.8 Å². The average molecular weight is 583 g/mol. The van der Waals surface area contributed by atoms with Crippen molar-refractivity contribution in [2.75, 3.05) is 5.32 Å². The number of carbonyl (C=O) groups is 4. The molecule has 0 radical (unpaired) electrons. The van der Waals surface area contributed by atoms with Gasteiger partial charge in [0, 0.05) is 39.8 Å². The van der Waals surface area contributed by atoms with Crippen LogP contribution >= 0.6 is 15.9 Å². The molecule has 0 unspecified atom stereocenters. The maximum atomic E-state index is 12.4. The number of amides is 3. The number of anilines is 1. The van der Waals surface area contributed by atoms with Crippen molar-refractivity contribution in [2.24, 2.45) is 4.99 Å². The number of nitrogens with zero attached hydrogens (tertiary/aromatic N) is 2. The van der Waals surface area contributed by atoms with Gasteiger partial charge in [-0.15, -0.1) is 0 Å². The van der Waals surface area contributed by atoms with Crippen LogP contribution in [-0.2, 0) is 9.53 Å². The zero-order valence-electron chi connectivity index (χ0n) is 19.7. The zero-order valence-corrected chi connectivity index (χ0v) is 21.3. The molecule has 0 aliphatic carbocycles. The second kappa shape index (κ2) is 9.62. The minimum Gasteiger partial charge on any atom is -0.457 e. The molecule has 0 bridgehead atoms. The molecule has 0 saturated heterocycles. The van der Waals surface area contributed by atoms with Crippen molar-refractivity contribution < 1.29 is 28.3 Å². The molecule has 3 amide bonds. The molecular weight excluding hydrogens is 568 g/mol. The lowest BCUT2D eigenvalue weighted by Crippen LogP contribution is -2.19. The molecule has 2 aliphatic rings. The minimum atomic E-state index is -0.643. The van der Waals surface area contributed by atoms with E-state index in [1.165, 1.54) is 12.3 Å². The summed E-state index contributed by atoms with van der Waals surface area (Å²) in [5, 5.41) is 5.03. The Labute approximate surface area is 228 Å². The highest BCUT2D eigenvalue weighted by Crippen LogP contribution is 2.28. The van der Waals surface area contributed by atoms with E-state index in [0.29, 0.717) is 43.9 Å². The van der Waals surface area contributed by atoms with Gasteiger partial charge in [-0.05, 0) is 70.5 Å². The van der Waals surface area contributed by atoms with Crippen LogP contribution in [-0.4, -0.2) is 34.6 Å². The molecule has 6 rings (SSSR count). The maximum absolute atomic E-state index is 12.4. The number of imide groups is 1. The number of cyclic esters (lactones) is 1. The van der Waals surface area contributed by atoms with E-state index in [2.05, 4.69) is 36.5 Å². The van der Waals surface area contributed by atoms with Gasteiger partial charge >= 0.3 is 5.97 Å². The number of aromatic nitrogens is 1. The SMILES string of the molecule is O=C1OC(c2ccc(NC(=O)c3cncc(Br)c3)cc2)=N/C1=C/c1ccc(-c2ccc3c(c2)C(=O)NC3=O)o1. The van der Waals surface area contributed by atoms with E-state index in [9.17, 15) is 19.2 Å². The highest BCUT2D eigenvalue weighted by Gasteiger charge is 2.28. The summed E-state index contributed by atoms with van der Waals surface area (Å²) in [5.41, 5.74) is 2.72. The van der Waals surface area contributed by atoms with Crippen molar-refractivity contribution in [3.63, 3.8) is 0 Å². The Kier molecular flexibility index (Phi) is 5.97. The number of carbonyl (C=O) groups excluding carboxylic acids is 4. The summed E-state index contributed by atoms with van der Waals surface area (Å²) >= 11 is 3.29. The highest BCUT2D eigenvalue weighted by atomic mass is 79.9. The molecule has 10 nitrogen and oxygen atoms in total. The zero-order chi connectivity index (χ0) is 27.1. The van der Waals surface area contributed by atoms with Crippen LogP contribution in [0.4, 0.5) is 5.69 Å². The van der Waals surface area contributed by atoms with Gasteiger partial charge in [0.05, 0.1) is 16.7 Å². The number of furan rings is 1. The Hall–Kier alpha value is -5.16. The summed E-state index contributed by atoms with van der Waals surface area (Å²) in [6.07, 6.45) is 4.49. The van der Waals surface area contributed by atoms with Gasteiger partial charge in [0.1, 0.15) is 11.5 Å². The minimum absolute atomic E-state index is 0.0457. The van der Waals surface area contributed by atoms with Gasteiger partial charge in [-0.2, -0.15) is 0 Å². The maximum Gasteiger partial charge on any atom is 0.363 e. The molecule has 11 heteroatoms. The van der Waals surface area contributed by atoms with Crippen LogP contribution in [0.2, 0.25) is 0 Å². The van der Waals surface area contributed by atoms with Crippen molar-refractivity contribution >= 4 is 57.3 Å². The Morgan fingerprint density at radius 1 is 0.897 bits per heavy atom. The lowest BCUT2D eigenvalue weighted by molar-refractivity contribution is -0.129. The largest absolute Gasteiger partial charge is 0.457 e. The van der Waals surface area contributed by atoms with Crippen molar-refractivity contribution in [1.29, 1.82) is 0 Å². The second-order valence-electron chi connectivity index (χ2n) is 8.50. The Balaban J connectivity index is 1.18. The predicted molar refractivity (Wildman–Crippen MR) is 143 cm³/mol. The van der Waals surface area contributed by atoms with Crippen LogP contribution in [0, 0.1) is 0 Å². The van der Waals surface area contributed by atoms with Gasteiger partial charge in [-0.1, -0.05) is 6.07 Å². The number of fused-ring (bicyclic) bond motifs is 1. The van der Waals surface area contributed by atoms with E-state index in [4.69, 9.17) is 9.15 Å². The van der Waals surface area contributed by atoms with E-state index >= 15 is 0 Å². The molecule has 0 atom stereocenters. The van der Waals surface area contributed by atoms with Crippen LogP contribution in [0.15, 0.2) is 92.6 Å². The van der Waals surface area contributed by atoms with Crippen molar-refractivity contribution in [3.05, 3.63) is 111 Å². The topological polar surface area (TPSA) is 140 Å². The summed E-state index contributed by atoms with van der Waals surface area (Å²) in [6, 6.07) is 16.5. The number of halogens is 1. The summed E-state index contributed by atoms with van der Waals surface area (Å²) in [5.74, 6) is -0.944. The van der Waals surface area contributed by atoms with Crippen LogP contribution in [0.25, 0.3) is 17.4 Å². The molecule has 0 fully saturated rings. The molecule has 2 aliphatic heterocycles. The highest BCUT2D eigenvalue weighted by molar-refractivity contribution is 9.10. The van der Waals surface area contributed by atoms with Gasteiger partial charge in [-0.3, -0.25) is 24.7 Å². The molecule has 39 heavy (non-hydrogen) atoms. The summed E-state index contributed by atoms with van der Waals surface area (Å²) in [4.78, 5) is 56.8. The summed E-state index contributed by atoms with van der Waals surface area (Å²) in [7, 11) is 0. The van der Waals surface area contributed by atoms with Crippen molar-refractivity contribution in [2.45, 2.75) is 0 Å². The first-order valence-corrected chi connectivity index (χ1v) is 12.3. The molecular formula is C28H15BrN4O6. The van der Waals surface area contributed by atoms with Gasteiger partial charge < -0.3 is 14.5 Å². The predicted octanol–water partition coefficient (Wildman–Crippen LogP) is 4.58. The molecule has 4 aromatic rings. The Morgan fingerprint density at radius 2 is 1.67 bits per heavy atom. The van der Waals surface area contributed by atoms with Gasteiger partial charge in [0.15, 0.2) is 5.70 Å². The Bertz CT molecular complexity index is 1770. The van der Waals surface area contributed by atoms with Crippen LogP contribution in [0.5, 0.6) is 0 Å². The summed E-state index contributed by atoms with van der Waals surface area (Å²) < 4.78 is 11.8. The number of nitrogens with one attached hydrogen (secondary N) is 2. The molecule has 2 aromatic carbocycles. The van der Waals surface area contributed by atoms with Crippen LogP contribution in [0.1, 0.15) is 42.4 Å². The first-order chi connectivity index (χ1) is 18.8. The number of aliphatic imine (C=N–C) groups is 1. The summed E-state index contributed by atoms with van der Waals surface area (Å²) in [6.45, 7) is 0. The second-order valence-corrected chi connectivity index (χ2v) is 9.42. The number of pyridine rings is 1. The lowest BCUT2D eigenvalue weighted by Gasteiger charge is -2.06. The third-order valence-corrected chi connectivity index (χ3v) is 6.34. The smallest absolute Gasteiger partial charge is 0.363 e. The first-order valence-electron chi connectivity index (χ1n) is 11.5. The molecule has 2 aromatic heterocycles. The number of esters is 1. The normalized spacial score (nSPS) is 15.2.